The second-order valence-electron chi connectivity index (χ2n) is 10.3. The van der Waals surface area contributed by atoms with E-state index in [1.165, 1.54) is 31.2 Å². The van der Waals surface area contributed by atoms with E-state index >= 15 is 0 Å². The molecule has 3 heterocycles. The molecule has 0 bridgehead atoms. The zero-order valence-corrected chi connectivity index (χ0v) is 22.8. The van der Waals surface area contributed by atoms with Crippen molar-refractivity contribution >= 4 is 86.9 Å². The predicted molar refractivity (Wildman–Crippen MR) is 171 cm³/mol. The molecule has 0 aliphatic rings. The van der Waals surface area contributed by atoms with Gasteiger partial charge in [-0.1, -0.05) is 84.4 Å². The van der Waals surface area contributed by atoms with Crippen LogP contribution in [0.2, 0.25) is 5.02 Å². The molecule has 40 heavy (non-hydrogen) atoms. The monoisotopic (exact) mass is 549 g/mol. The fourth-order valence-corrected chi connectivity index (χ4v) is 7.68. The van der Waals surface area contributed by atoms with Gasteiger partial charge in [-0.3, -0.25) is 0 Å². The van der Waals surface area contributed by atoms with Crippen molar-refractivity contribution < 1.29 is 4.42 Å². The zero-order valence-electron chi connectivity index (χ0n) is 21.2. The van der Waals surface area contributed by atoms with E-state index in [0.717, 1.165) is 54.5 Å². The summed E-state index contributed by atoms with van der Waals surface area (Å²) in [4.78, 5) is 0. The molecule has 4 heteroatoms. The van der Waals surface area contributed by atoms with Crippen molar-refractivity contribution in [2.45, 2.75) is 0 Å². The minimum absolute atomic E-state index is 0.733. The Morgan fingerprint density at radius 1 is 0.575 bits per heavy atom. The fraction of sp³-hybridized carbons (Fsp3) is 0. The van der Waals surface area contributed by atoms with Gasteiger partial charge in [-0.05, 0) is 54.1 Å². The van der Waals surface area contributed by atoms with Crippen LogP contribution in [-0.4, -0.2) is 4.57 Å². The lowest BCUT2D eigenvalue weighted by molar-refractivity contribution is 0.670. The number of benzene rings is 6. The van der Waals surface area contributed by atoms with Crippen molar-refractivity contribution in [3.8, 4) is 16.8 Å². The lowest BCUT2D eigenvalue weighted by Gasteiger charge is -2.10. The second-order valence-corrected chi connectivity index (χ2v) is 11.7. The highest BCUT2D eigenvalue weighted by Crippen LogP contribution is 2.43. The van der Waals surface area contributed by atoms with E-state index in [1.54, 1.807) is 0 Å². The molecule has 0 N–H and O–H groups in total. The van der Waals surface area contributed by atoms with Crippen molar-refractivity contribution in [3.63, 3.8) is 0 Å². The highest BCUT2D eigenvalue weighted by atomic mass is 35.5. The summed E-state index contributed by atoms with van der Waals surface area (Å²) in [5.41, 5.74) is 7.52. The van der Waals surface area contributed by atoms with Crippen molar-refractivity contribution in [1.82, 2.24) is 4.57 Å². The molecule has 3 aromatic heterocycles. The Labute approximate surface area is 238 Å². The van der Waals surface area contributed by atoms with Crippen LogP contribution in [0.3, 0.4) is 0 Å². The van der Waals surface area contributed by atoms with Crippen LogP contribution >= 0.6 is 22.9 Å². The Kier molecular flexibility index (Phi) is 4.57. The molecule has 2 nitrogen and oxygen atoms in total. The molecule has 0 saturated carbocycles. The molecule has 0 aliphatic heterocycles. The normalized spacial score (nSPS) is 12.1. The Morgan fingerprint density at radius 3 is 2.23 bits per heavy atom. The van der Waals surface area contributed by atoms with Crippen LogP contribution in [0.25, 0.3) is 80.7 Å². The summed E-state index contributed by atoms with van der Waals surface area (Å²) in [7, 11) is 0. The van der Waals surface area contributed by atoms with Gasteiger partial charge >= 0.3 is 0 Å². The van der Waals surface area contributed by atoms with Crippen LogP contribution in [-0.2, 0) is 0 Å². The van der Waals surface area contributed by atoms with E-state index in [4.69, 9.17) is 16.0 Å². The van der Waals surface area contributed by atoms with E-state index in [9.17, 15) is 0 Å². The minimum Gasteiger partial charge on any atom is -0.455 e. The Morgan fingerprint density at radius 2 is 1.30 bits per heavy atom. The van der Waals surface area contributed by atoms with Gasteiger partial charge in [0.2, 0.25) is 0 Å². The molecular weight excluding hydrogens is 530 g/mol. The van der Waals surface area contributed by atoms with Crippen molar-refractivity contribution in [2.75, 3.05) is 0 Å². The summed E-state index contributed by atoms with van der Waals surface area (Å²) < 4.78 is 11.4. The Hall–Kier alpha value is -4.57. The van der Waals surface area contributed by atoms with Gasteiger partial charge in [-0.2, -0.15) is 0 Å². The van der Waals surface area contributed by atoms with Crippen molar-refractivity contribution in [1.29, 1.82) is 0 Å². The van der Waals surface area contributed by atoms with E-state index in [2.05, 4.69) is 108 Å². The van der Waals surface area contributed by atoms with Crippen LogP contribution in [0.1, 0.15) is 0 Å². The van der Waals surface area contributed by atoms with E-state index in [1.807, 2.05) is 29.5 Å². The number of thiophene rings is 1. The number of furan rings is 1. The number of rotatable bonds is 2. The third kappa shape index (κ3) is 3.05. The summed E-state index contributed by atoms with van der Waals surface area (Å²) in [6.07, 6.45) is 0. The lowest BCUT2D eigenvalue weighted by atomic mass is 10.0. The molecule has 0 unspecified atom stereocenters. The average molecular weight is 550 g/mol. The molecule has 0 atom stereocenters. The van der Waals surface area contributed by atoms with Gasteiger partial charge in [0.1, 0.15) is 11.2 Å². The summed E-state index contributed by atoms with van der Waals surface area (Å²) in [5, 5.41) is 7.90. The first kappa shape index (κ1) is 22.3. The topological polar surface area (TPSA) is 18.1 Å². The maximum atomic E-state index is 6.58. The molecule has 9 aromatic rings. The molecule has 0 amide bonds. The van der Waals surface area contributed by atoms with E-state index < -0.39 is 0 Å². The summed E-state index contributed by atoms with van der Waals surface area (Å²) in [5.74, 6) is 0. The van der Waals surface area contributed by atoms with Gasteiger partial charge in [0, 0.05) is 47.6 Å². The van der Waals surface area contributed by atoms with Crippen LogP contribution in [0.15, 0.2) is 126 Å². The summed E-state index contributed by atoms with van der Waals surface area (Å²) >= 11 is 8.43. The molecule has 0 radical (unpaired) electrons. The molecule has 0 saturated heterocycles. The molecule has 0 fully saturated rings. The Balaban J connectivity index is 1.35. The zero-order chi connectivity index (χ0) is 26.4. The lowest BCUT2D eigenvalue weighted by Crippen LogP contribution is -1.93. The van der Waals surface area contributed by atoms with Crippen LogP contribution in [0, 0.1) is 0 Å². The molecular formula is C36H20ClNOS. The van der Waals surface area contributed by atoms with Crippen LogP contribution in [0.4, 0.5) is 0 Å². The first-order valence-corrected chi connectivity index (χ1v) is 14.5. The summed E-state index contributed by atoms with van der Waals surface area (Å²) in [6, 6.07) is 42.9. The molecule has 0 spiro atoms. The van der Waals surface area contributed by atoms with Gasteiger partial charge in [0.25, 0.3) is 0 Å². The number of fused-ring (bicyclic) bond motifs is 9. The smallest absolute Gasteiger partial charge is 0.143 e. The fourth-order valence-electron chi connectivity index (χ4n) is 6.31. The average Bonchev–Trinajstić information content (AvgIpc) is 3.66. The van der Waals surface area contributed by atoms with Gasteiger partial charge in [0.05, 0.1) is 21.4 Å². The number of para-hydroxylation sites is 2. The number of halogens is 1. The number of hydrogen-bond acceptors (Lipinski definition) is 2. The first-order chi connectivity index (χ1) is 19.7. The largest absolute Gasteiger partial charge is 0.455 e. The van der Waals surface area contributed by atoms with Crippen molar-refractivity contribution in [3.05, 3.63) is 126 Å². The second kappa shape index (κ2) is 8.22. The summed E-state index contributed by atoms with van der Waals surface area (Å²) in [6.45, 7) is 0. The standard InChI is InChI=1S/C36H20ClNOS/c37-22-16-18-31-29(20-22)28-19-21(23-9-5-10-26-24-7-1-3-13-33(24)39-35(23)26)15-17-30(28)38(31)32-12-6-11-27-25-8-2-4-14-34(25)40-36(27)32/h1-20H. The van der Waals surface area contributed by atoms with E-state index in [-0.39, 0.29) is 0 Å². The number of nitrogens with zero attached hydrogens (tertiary/aromatic N) is 1. The Bertz CT molecular complexity index is 2460. The highest BCUT2D eigenvalue weighted by Gasteiger charge is 2.18. The van der Waals surface area contributed by atoms with Gasteiger partial charge in [-0.25, -0.2) is 0 Å². The van der Waals surface area contributed by atoms with Crippen molar-refractivity contribution in [2.24, 2.45) is 0 Å². The van der Waals surface area contributed by atoms with Gasteiger partial charge in [0.15, 0.2) is 0 Å². The third-order valence-corrected chi connectivity index (χ3v) is 9.51. The highest BCUT2D eigenvalue weighted by molar-refractivity contribution is 7.26. The van der Waals surface area contributed by atoms with Crippen LogP contribution < -0.4 is 0 Å². The van der Waals surface area contributed by atoms with E-state index in [0.29, 0.717) is 0 Å². The SMILES string of the molecule is Clc1ccc2c(c1)c1cc(-c3cccc4c3oc3ccccc34)ccc1n2-c1cccc2c1sc1ccccc12. The quantitative estimate of drug-likeness (QED) is 0.210. The molecule has 0 aliphatic carbocycles. The maximum absolute atomic E-state index is 6.58. The third-order valence-electron chi connectivity index (χ3n) is 8.07. The first-order valence-electron chi connectivity index (χ1n) is 13.3. The minimum atomic E-state index is 0.733. The molecule has 6 aromatic carbocycles. The number of hydrogen-bond donors (Lipinski definition) is 0. The predicted octanol–water partition coefficient (Wildman–Crippen LogP) is 11.4. The van der Waals surface area contributed by atoms with Gasteiger partial charge in [-0.15, -0.1) is 11.3 Å². The maximum Gasteiger partial charge on any atom is 0.143 e. The van der Waals surface area contributed by atoms with Gasteiger partial charge < -0.3 is 8.98 Å². The molecule has 9 rings (SSSR count). The number of aromatic nitrogens is 1. The van der Waals surface area contributed by atoms with Crippen LogP contribution in [0.5, 0.6) is 0 Å². The molecule has 188 valence electrons.